The first-order valence-corrected chi connectivity index (χ1v) is 20.8. The van der Waals surface area contributed by atoms with Crippen LogP contribution in [0.1, 0.15) is 34.1 Å². The lowest BCUT2D eigenvalue weighted by molar-refractivity contribution is 0.461. The molecule has 8 aromatic rings. The lowest BCUT2D eigenvalue weighted by Crippen LogP contribution is -2.15. The average Bonchev–Trinajstić information content (AvgIpc) is 3.93. The van der Waals surface area contributed by atoms with E-state index in [-0.39, 0.29) is 5.92 Å². The van der Waals surface area contributed by atoms with Crippen LogP contribution in [0.3, 0.4) is 0 Å². The quantitative estimate of drug-likeness (QED) is 0.165. The molecule has 1 heterocycles. The molecule has 2 nitrogen and oxygen atoms in total. The molecule has 1 fully saturated rings. The number of allylic oxidation sites excluding steroid dienone is 8. The number of rotatable bonds is 6. The fourth-order valence-corrected chi connectivity index (χ4v) is 11.0. The van der Waals surface area contributed by atoms with E-state index in [1.165, 1.54) is 55.2 Å². The molecule has 1 saturated carbocycles. The Kier molecular flexibility index (Phi) is 7.66. The Morgan fingerprint density at radius 3 is 1.29 bits per heavy atom. The molecule has 4 unspecified atom stereocenters. The van der Waals surface area contributed by atoms with Gasteiger partial charge in [0.15, 0.2) is 0 Å². The minimum atomic E-state index is 0.214. The van der Waals surface area contributed by atoms with Crippen molar-refractivity contribution in [3.63, 3.8) is 0 Å². The van der Waals surface area contributed by atoms with Crippen molar-refractivity contribution in [3.05, 3.63) is 241 Å². The summed E-state index contributed by atoms with van der Waals surface area (Å²) in [6, 6.07) is 63.2. The number of para-hydroxylation sites is 2. The van der Waals surface area contributed by atoms with Gasteiger partial charge in [0.05, 0.1) is 11.0 Å². The third-order valence-corrected chi connectivity index (χ3v) is 13.5. The minimum absolute atomic E-state index is 0.214. The van der Waals surface area contributed by atoms with Crippen LogP contribution in [0.4, 0.5) is 17.1 Å². The smallest absolute Gasteiger partial charge is 0.0541 e. The molecule has 4 aliphatic carbocycles. The second kappa shape index (κ2) is 13.4. The number of hydrogen-bond acceptors (Lipinski definition) is 1. The molecular weight excluding hydrogens is 701 g/mol. The van der Waals surface area contributed by atoms with E-state index >= 15 is 0 Å². The highest BCUT2D eigenvalue weighted by atomic mass is 15.1. The molecule has 0 saturated heterocycles. The number of nitrogens with zero attached hydrogens (tertiary/aromatic N) is 2. The van der Waals surface area contributed by atoms with Crippen molar-refractivity contribution in [2.24, 2.45) is 23.7 Å². The van der Waals surface area contributed by atoms with E-state index in [4.69, 9.17) is 0 Å². The fraction of sp³-hybridized carbons (Fsp3) is 0.107. The van der Waals surface area contributed by atoms with Gasteiger partial charge in [0, 0.05) is 39.4 Å². The zero-order valence-corrected chi connectivity index (χ0v) is 32.1. The molecule has 0 N–H and O–H groups in total. The zero-order valence-electron chi connectivity index (χ0n) is 32.1. The lowest BCUT2D eigenvalue weighted by Gasteiger charge is -2.28. The molecule has 4 atom stereocenters. The summed E-state index contributed by atoms with van der Waals surface area (Å²) in [5.41, 5.74) is 15.2. The Balaban J connectivity index is 0.949. The molecule has 7 aromatic carbocycles. The lowest BCUT2D eigenvalue weighted by atomic mass is 9.79. The molecule has 0 bridgehead atoms. The van der Waals surface area contributed by atoms with Crippen LogP contribution in [0.5, 0.6) is 0 Å². The van der Waals surface area contributed by atoms with Crippen molar-refractivity contribution < 1.29 is 0 Å². The Morgan fingerprint density at radius 1 is 0.362 bits per heavy atom. The summed E-state index contributed by atoms with van der Waals surface area (Å²) in [5, 5.41) is 2.55. The maximum atomic E-state index is 2.46. The molecule has 58 heavy (non-hydrogen) atoms. The number of anilines is 3. The maximum Gasteiger partial charge on any atom is 0.0541 e. The maximum absolute atomic E-state index is 2.46. The standard InChI is InChI=1S/C56H42N2/c1-5-19-49-43(13-1)44-14-2-6-20-50(44)55(49)37-25-29-39(30-26-37)57(40-31-27-38(28-32-40)56-51-21-7-3-15-45(51)46-16-4-8-22-52(46)56)41-33-35-42(36-34-41)58-53-23-11-9-17-47(53)48-18-10-12-24-54(48)58/h1-36,43-44,49-50,55-56H. The monoisotopic (exact) mass is 742 g/mol. The Bertz CT molecular complexity index is 2840. The van der Waals surface area contributed by atoms with Gasteiger partial charge in [-0.2, -0.15) is 0 Å². The molecule has 0 amide bonds. The molecule has 1 aromatic heterocycles. The Hall–Kier alpha value is -6.90. The second-order valence-electron chi connectivity index (χ2n) is 16.4. The van der Waals surface area contributed by atoms with Gasteiger partial charge in [-0.3, -0.25) is 0 Å². The topological polar surface area (TPSA) is 8.17 Å². The van der Waals surface area contributed by atoms with Crippen LogP contribution in [0.2, 0.25) is 0 Å². The number of hydrogen-bond donors (Lipinski definition) is 0. The van der Waals surface area contributed by atoms with Crippen LogP contribution < -0.4 is 4.90 Å². The largest absolute Gasteiger partial charge is 0.311 e. The van der Waals surface area contributed by atoms with Gasteiger partial charge in [0.1, 0.15) is 0 Å². The van der Waals surface area contributed by atoms with Gasteiger partial charge in [0.25, 0.3) is 0 Å². The average molecular weight is 743 g/mol. The van der Waals surface area contributed by atoms with Crippen LogP contribution in [-0.4, -0.2) is 4.57 Å². The van der Waals surface area contributed by atoms with Gasteiger partial charge >= 0.3 is 0 Å². The minimum Gasteiger partial charge on any atom is -0.311 e. The first kappa shape index (κ1) is 33.3. The summed E-state index contributed by atoms with van der Waals surface area (Å²) < 4.78 is 2.39. The predicted octanol–water partition coefficient (Wildman–Crippen LogP) is 14.2. The van der Waals surface area contributed by atoms with E-state index in [0.717, 1.165) is 22.7 Å². The summed E-state index contributed by atoms with van der Waals surface area (Å²) in [6.45, 7) is 0. The van der Waals surface area contributed by atoms with Crippen LogP contribution >= 0.6 is 0 Å². The molecule has 4 aliphatic rings. The molecule has 0 radical (unpaired) electrons. The van der Waals surface area contributed by atoms with Gasteiger partial charge in [-0.15, -0.1) is 0 Å². The van der Waals surface area contributed by atoms with E-state index in [9.17, 15) is 0 Å². The van der Waals surface area contributed by atoms with Gasteiger partial charge < -0.3 is 9.47 Å². The van der Waals surface area contributed by atoms with Crippen LogP contribution in [0.15, 0.2) is 218 Å². The zero-order chi connectivity index (χ0) is 38.2. The summed E-state index contributed by atoms with van der Waals surface area (Å²) >= 11 is 0. The summed E-state index contributed by atoms with van der Waals surface area (Å²) in [7, 11) is 0. The molecule has 12 rings (SSSR count). The molecule has 276 valence electrons. The van der Waals surface area contributed by atoms with Crippen LogP contribution in [0, 0.1) is 23.7 Å². The highest BCUT2D eigenvalue weighted by Crippen LogP contribution is 2.56. The third kappa shape index (κ3) is 5.11. The normalized spacial score (nSPS) is 21.3. The molecule has 0 spiro atoms. The highest BCUT2D eigenvalue weighted by Gasteiger charge is 2.47. The summed E-state index contributed by atoms with van der Waals surface area (Å²) in [5.74, 6) is 2.75. The molecule has 2 heteroatoms. The fourth-order valence-electron chi connectivity index (χ4n) is 11.0. The van der Waals surface area contributed by atoms with E-state index < -0.39 is 0 Å². The van der Waals surface area contributed by atoms with Crippen molar-refractivity contribution in [2.45, 2.75) is 11.8 Å². The summed E-state index contributed by atoms with van der Waals surface area (Å²) in [4.78, 5) is 2.42. The van der Waals surface area contributed by atoms with Crippen LogP contribution in [0.25, 0.3) is 38.6 Å². The van der Waals surface area contributed by atoms with E-state index in [1.807, 2.05) is 0 Å². The van der Waals surface area contributed by atoms with E-state index in [2.05, 4.69) is 228 Å². The first-order chi connectivity index (χ1) is 28.8. The number of fused-ring (bicyclic) bond motifs is 9. The SMILES string of the molecule is C1=CC2C3C=CC=CC3C(c3ccc(N(c4ccc(C5c6ccccc6-c6ccccc65)cc4)c4ccc(-n5c6ccccc6c6ccccc65)cc4)cc3)C2C=C1. The summed E-state index contributed by atoms with van der Waals surface area (Å²) in [6.07, 6.45) is 18.8. The van der Waals surface area contributed by atoms with Crippen molar-refractivity contribution in [3.8, 4) is 16.8 Å². The molecule has 0 aliphatic heterocycles. The number of aromatic nitrogens is 1. The van der Waals surface area contributed by atoms with Crippen molar-refractivity contribution in [1.82, 2.24) is 4.57 Å². The van der Waals surface area contributed by atoms with Gasteiger partial charge in [0.2, 0.25) is 0 Å². The van der Waals surface area contributed by atoms with Crippen molar-refractivity contribution in [1.29, 1.82) is 0 Å². The number of benzene rings is 7. The predicted molar refractivity (Wildman–Crippen MR) is 242 cm³/mol. The van der Waals surface area contributed by atoms with E-state index in [0.29, 0.717) is 29.6 Å². The van der Waals surface area contributed by atoms with Gasteiger partial charge in [-0.05, 0) is 124 Å². The second-order valence-corrected chi connectivity index (χ2v) is 16.4. The van der Waals surface area contributed by atoms with Crippen molar-refractivity contribution >= 4 is 38.9 Å². The Morgan fingerprint density at radius 2 is 0.776 bits per heavy atom. The Labute approximate surface area is 340 Å². The van der Waals surface area contributed by atoms with Crippen LogP contribution in [-0.2, 0) is 0 Å². The highest BCUT2D eigenvalue weighted by molar-refractivity contribution is 6.09. The van der Waals surface area contributed by atoms with Gasteiger partial charge in [-0.1, -0.05) is 158 Å². The first-order valence-electron chi connectivity index (χ1n) is 20.8. The third-order valence-electron chi connectivity index (χ3n) is 13.5. The molecular formula is C56H42N2. The van der Waals surface area contributed by atoms with Crippen molar-refractivity contribution in [2.75, 3.05) is 4.90 Å². The van der Waals surface area contributed by atoms with E-state index in [1.54, 1.807) is 0 Å². The van der Waals surface area contributed by atoms with Gasteiger partial charge in [-0.25, -0.2) is 0 Å².